The summed E-state index contributed by atoms with van der Waals surface area (Å²) in [7, 11) is 2.14. The molecule has 0 saturated carbocycles. The molecule has 0 bridgehead atoms. The molecule has 0 atom stereocenters. The van der Waals surface area contributed by atoms with Crippen molar-refractivity contribution in [2.45, 2.75) is 27.3 Å². The summed E-state index contributed by atoms with van der Waals surface area (Å²) in [5.74, 6) is 6.33. The highest BCUT2D eigenvalue weighted by Crippen LogP contribution is 2.19. The minimum Gasteiger partial charge on any atom is -0.298 e. The summed E-state index contributed by atoms with van der Waals surface area (Å²) in [4.78, 5) is 2.30. The minimum absolute atomic E-state index is 0. The number of hydrogen-bond acceptors (Lipinski definition) is 1. The van der Waals surface area contributed by atoms with Crippen molar-refractivity contribution in [3.63, 3.8) is 0 Å². The molecule has 0 aliphatic heterocycles. The third-order valence-electron chi connectivity index (χ3n) is 3.39. The monoisotopic (exact) mass is 363 g/mol. The Balaban J connectivity index is 0.00000264. The van der Waals surface area contributed by atoms with Gasteiger partial charge in [0.25, 0.3) is 0 Å². The van der Waals surface area contributed by atoms with E-state index in [1.807, 2.05) is 6.08 Å². The van der Waals surface area contributed by atoms with Gasteiger partial charge in [0.15, 0.2) is 0 Å². The van der Waals surface area contributed by atoms with E-state index in [1.165, 1.54) is 16.3 Å². The molecule has 2 aromatic rings. The molecule has 2 rings (SSSR count). The van der Waals surface area contributed by atoms with Gasteiger partial charge in [-0.2, -0.15) is 0 Å². The zero-order valence-corrected chi connectivity index (χ0v) is 16.5. The van der Waals surface area contributed by atoms with Gasteiger partial charge >= 0.3 is 0 Å². The van der Waals surface area contributed by atoms with E-state index < -0.39 is 0 Å². The Hall–Kier alpha value is -1.46. The third-order valence-corrected chi connectivity index (χ3v) is 3.39. The van der Waals surface area contributed by atoms with E-state index in [0.29, 0.717) is 0 Å². The number of likely N-dealkylation sites (N-methyl/N-ethyl adjacent to an activating group) is 1. The number of nitrogens with zero attached hydrogens (tertiary/aromatic N) is 1. The lowest BCUT2D eigenvalue weighted by Crippen LogP contribution is -2.17. The van der Waals surface area contributed by atoms with Gasteiger partial charge in [-0.15, -0.1) is 24.8 Å². The highest BCUT2D eigenvalue weighted by atomic mass is 35.5. The van der Waals surface area contributed by atoms with Crippen LogP contribution in [0.1, 0.15) is 26.3 Å². The lowest BCUT2D eigenvalue weighted by Gasteiger charge is -2.15. The number of allylic oxidation sites excluding steroid dienone is 1. The Morgan fingerprint density at radius 2 is 1.67 bits per heavy atom. The zero-order valence-electron chi connectivity index (χ0n) is 14.9. The summed E-state index contributed by atoms with van der Waals surface area (Å²) in [6.45, 7) is 8.22. The second-order valence-electron chi connectivity index (χ2n) is 6.76. The molecule has 2 aromatic carbocycles. The molecule has 0 radical (unpaired) electrons. The average molecular weight is 364 g/mol. The van der Waals surface area contributed by atoms with E-state index in [2.05, 4.69) is 93.1 Å². The molecular weight excluding hydrogens is 337 g/mol. The summed E-state index contributed by atoms with van der Waals surface area (Å²) in [5.41, 5.74) is 1.44. The number of fused-ring (bicyclic) bond motifs is 1. The molecule has 0 saturated heterocycles. The third kappa shape index (κ3) is 7.41. The first-order valence-corrected chi connectivity index (χ1v) is 7.78. The van der Waals surface area contributed by atoms with E-state index in [1.54, 1.807) is 0 Å². The van der Waals surface area contributed by atoms with Gasteiger partial charge in [-0.3, -0.25) is 4.90 Å². The van der Waals surface area contributed by atoms with Crippen molar-refractivity contribution in [2.24, 2.45) is 5.41 Å². The first-order chi connectivity index (χ1) is 10.5. The van der Waals surface area contributed by atoms with E-state index in [9.17, 15) is 0 Å². The fourth-order valence-corrected chi connectivity index (χ4v) is 2.34. The molecule has 0 heterocycles. The van der Waals surface area contributed by atoms with Gasteiger partial charge in [0, 0.05) is 18.5 Å². The normalized spacial score (nSPS) is 10.9. The van der Waals surface area contributed by atoms with Crippen LogP contribution in [0.3, 0.4) is 0 Å². The van der Waals surface area contributed by atoms with Crippen molar-refractivity contribution in [1.82, 2.24) is 4.90 Å². The zero-order chi connectivity index (χ0) is 16.0. The Bertz CT molecular complexity index is 712. The van der Waals surface area contributed by atoms with Gasteiger partial charge in [0.1, 0.15) is 0 Å². The number of hydrogen-bond donors (Lipinski definition) is 0. The van der Waals surface area contributed by atoms with Gasteiger partial charge in [-0.05, 0) is 50.2 Å². The maximum Gasteiger partial charge on any atom is 0.0240 e. The molecular formula is C21H27Cl2N. The summed E-state index contributed by atoms with van der Waals surface area (Å²) >= 11 is 0. The fourth-order valence-electron chi connectivity index (χ4n) is 2.34. The van der Waals surface area contributed by atoms with Gasteiger partial charge in [0.05, 0.1) is 0 Å². The summed E-state index contributed by atoms with van der Waals surface area (Å²) in [5, 5.41) is 2.65. The van der Waals surface area contributed by atoms with E-state index >= 15 is 0 Å². The predicted octanol–water partition coefficient (Wildman–Crippen LogP) is 5.72. The molecule has 0 aromatic heterocycles. The summed E-state index contributed by atoms with van der Waals surface area (Å²) < 4.78 is 0. The van der Waals surface area contributed by atoms with Crippen molar-refractivity contribution in [2.75, 3.05) is 13.6 Å². The smallest absolute Gasteiger partial charge is 0.0240 e. The van der Waals surface area contributed by atoms with Crippen LogP contribution in [0, 0.1) is 17.3 Å². The number of benzene rings is 2. The van der Waals surface area contributed by atoms with Crippen LogP contribution in [-0.4, -0.2) is 18.5 Å². The standard InChI is InChI=1S/C21H25N.2ClH/c1-21(2,3)15-8-5-9-16-22(4)17-19-13-10-12-18-11-6-7-14-20(18)19;;/h5-7,9-14H,16-17H2,1-4H3;2*1H/b9-5+;;. The Morgan fingerprint density at radius 1 is 1.00 bits per heavy atom. The van der Waals surface area contributed by atoms with E-state index in [0.717, 1.165) is 13.1 Å². The second kappa shape index (κ2) is 10.4. The first-order valence-electron chi connectivity index (χ1n) is 7.78. The maximum atomic E-state index is 3.21. The predicted molar refractivity (Wildman–Crippen MR) is 111 cm³/mol. The van der Waals surface area contributed by atoms with Crippen LogP contribution in [-0.2, 0) is 6.54 Å². The quantitative estimate of drug-likeness (QED) is 0.627. The lowest BCUT2D eigenvalue weighted by molar-refractivity contribution is 0.365. The van der Waals surface area contributed by atoms with Crippen LogP contribution in [0.2, 0.25) is 0 Å². The largest absolute Gasteiger partial charge is 0.298 e. The summed E-state index contributed by atoms with van der Waals surface area (Å²) in [6, 6.07) is 15.1. The Morgan fingerprint density at radius 3 is 2.38 bits per heavy atom. The average Bonchev–Trinajstić information content (AvgIpc) is 2.46. The van der Waals surface area contributed by atoms with Crippen molar-refractivity contribution in [3.05, 3.63) is 60.2 Å². The fraction of sp³-hybridized carbons (Fsp3) is 0.333. The van der Waals surface area contributed by atoms with Gasteiger partial charge in [-0.25, -0.2) is 0 Å². The van der Waals surface area contributed by atoms with Crippen LogP contribution in [0.25, 0.3) is 10.8 Å². The van der Waals surface area contributed by atoms with Gasteiger partial charge in [-0.1, -0.05) is 60.4 Å². The summed E-state index contributed by atoms with van der Waals surface area (Å²) in [6.07, 6.45) is 4.09. The number of rotatable bonds is 4. The van der Waals surface area contributed by atoms with E-state index in [4.69, 9.17) is 0 Å². The number of halogens is 2. The molecule has 0 spiro atoms. The molecule has 130 valence electrons. The highest BCUT2D eigenvalue weighted by Gasteiger charge is 2.03. The maximum absolute atomic E-state index is 3.21. The molecule has 0 fully saturated rings. The highest BCUT2D eigenvalue weighted by molar-refractivity contribution is 5.86. The molecule has 3 heteroatoms. The molecule has 0 amide bonds. The molecule has 0 unspecified atom stereocenters. The Kier molecular flexibility index (Phi) is 9.78. The molecule has 24 heavy (non-hydrogen) atoms. The van der Waals surface area contributed by atoms with Crippen LogP contribution in [0.15, 0.2) is 54.6 Å². The van der Waals surface area contributed by atoms with Crippen molar-refractivity contribution in [1.29, 1.82) is 0 Å². The molecule has 0 aliphatic rings. The van der Waals surface area contributed by atoms with Crippen molar-refractivity contribution in [3.8, 4) is 11.8 Å². The van der Waals surface area contributed by atoms with Gasteiger partial charge in [0.2, 0.25) is 0 Å². The van der Waals surface area contributed by atoms with Crippen LogP contribution >= 0.6 is 24.8 Å². The second-order valence-corrected chi connectivity index (χ2v) is 6.76. The van der Waals surface area contributed by atoms with E-state index in [-0.39, 0.29) is 30.2 Å². The van der Waals surface area contributed by atoms with Crippen molar-refractivity contribution >= 4 is 35.6 Å². The topological polar surface area (TPSA) is 3.24 Å². The van der Waals surface area contributed by atoms with Gasteiger partial charge < -0.3 is 0 Å². The SMILES string of the molecule is CN(C/C=C/C#CC(C)(C)C)Cc1cccc2ccccc12.Cl.Cl. The lowest BCUT2D eigenvalue weighted by atomic mass is 9.98. The van der Waals surface area contributed by atoms with Crippen LogP contribution in [0.5, 0.6) is 0 Å². The van der Waals surface area contributed by atoms with Crippen LogP contribution in [0.4, 0.5) is 0 Å². The molecule has 0 N–H and O–H groups in total. The molecule has 1 nitrogen and oxygen atoms in total. The molecule has 0 aliphatic carbocycles. The minimum atomic E-state index is 0. The first kappa shape index (κ1) is 22.5. The van der Waals surface area contributed by atoms with Crippen LogP contribution < -0.4 is 0 Å². The Labute approximate surface area is 159 Å². The van der Waals surface area contributed by atoms with Crippen molar-refractivity contribution < 1.29 is 0 Å².